The SMILES string of the molecule is CNCC1CCN(S(C)(=O)=O)CC1. The van der Waals surface area contributed by atoms with E-state index in [9.17, 15) is 8.42 Å². The van der Waals surface area contributed by atoms with Crippen LogP contribution in [0.4, 0.5) is 0 Å². The average molecular weight is 206 g/mol. The van der Waals surface area contributed by atoms with Crippen molar-refractivity contribution in [3.8, 4) is 0 Å². The molecule has 1 saturated heterocycles. The van der Waals surface area contributed by atoms with Crippen LogP contribution in [-0.2, 0) is 10.0 Å². The molecule has 1 N–H and O–H groups in total. The first-order valence-electron chi connectivity index (χ1n) is 4.63. The van der Waals surface area contributed by atoms with Crippen LogP contribution in [0.5, 0.6) is 0 Å². The smallest absolute Gasteiger partial charge is 0.211 e. The van der Waals surface area contributed by atoms with Gasteiger partial charge in [-0.15, -0.1) is 0 Å². The van der Waals surface area contributed by atoms with Crippen molar-refractivity contribution in [3.63, 3.8) is 0 Å². The van der Waals surface area contributed by atoms with E-state index in [4.69, 9.17) is 0 Å². The largest absolute Gasteiger partial charge is 0.319 e. The van der Waals surface area contributed by atoms with E-state index in [1.807, 2.05) is 7.05 Å². The van der Waals surface area contributed by atoms with Crippen LogP contribution in [0.3, 0.4) is 0 Å². The molecule has 0 aromatic carbocycles. The molecule has 0 aromatic heterocycles. The number of nitrogens with one attached hydrogen (secondary N) is 1. The first kappa shape index (κ1) is 10.9. The molecule has 0 bridgehead atoms. The summed E-state index contributed by atoms with van der Waals surface area (Å²) >= 11 is 0. The van der Waals surface area contributed by atoms with Gasteiger partial charge in [0.15, 0.2) is 0 Å². The summed E-state index contributed by atoms with van der Waals surface area (Å²) in [4.78, 5) is 0. The number of rotatable bonds is 3. The minimum Gasteiger partial charge on any atom is -0.319 e. The van der Waals surface area contributed by atoms with Gasteiger partial charge in [0.05, 0.1) is 6.26 Å². The second kappa shape index (κ2) is 4.39. The van der Waals surface area contributed by atoms with E-state index in [0.29, 0.717) is 19.0 Å². The fourth-order valence-corrected chi connectivity index (χ4v) is 2.61. The first-order valence-corrected chi connectivity index (χ1v) is 6.48. The van der Waals surface area contributed by atoms with E-state index >= 15 is 0 Å². The summed E-state index contributed by atoms with van der Waals surface area (Å²) in [5, 5.41) is 3.12. The maximum Gasteiger partial charge on any atom is 0.211 e. The zero-order chi connectivity index (χ0) is 9.90. The van der Waals surface area contributed by atoms with Crippen LogP contribution < -0.4 is 5.32 Å². The second-order valence-corrected chi connectivity index (χ2v) is 5.65. The maximum atomic E-state index is 11.2. The van der Waals surface area contributed by atoms with Gasteiger partial charge in [0.1, 0.15) is 0 Å². The van der Waals surface area contributed by atoms with Gasteiger partial charge >= 0.3 is 0 Å². The van der Waals surface area contributed by atoms with Crippen molar-refractivity contribution in [2.75, 3.05) is 32.9 Å². The van der Waals surface area contributed by atoms with Gasteiger partial charge in [-0.25, -0.2) is 12.7 Å². The lowest BCUT2D eigenvalue weighted by molar-refractivity contribution is 0.272. The molecular weight excluding hydrogens is 188 g/mol. The number of hydrogen-bond donors (Lipinski definition) is 1. The Morgan fingerprint density at radius 1 is 1.38 bits per heavy atom. The lowest BCUT2D eigenvalue weighted by atomic mass is 9.98. The summed E-state index contributed by atoms with van der Waals surface area (Å²) < 4.78 is 23.9. The highest BCUT2D eigenvalue weighted by atomic mass is 32.2. The normalized spacial score (nSPS) is 22.0. The molecule has 4 nitrogen and oxygen atoms in total. The lowest BCUT2D eigenvalue weighted by Gasteiger charge is -2.29. The van der Waals surface area contributed by atoms with Crippen molar-refractivity contribution in [3.05, 3.63) is 0 Å². The van der Waals surface area contributed by atoms with Gasteiger partial charge in [-0.2, -0.15) is 0 Å². The Morgan fingerprint density at radius 2 is 1.92 bits per heavy atom. The van der Waals surface area contributed by atoms with Gasteiger partial charge in [0.25, 0.3) is 0 Å². The second-order valence-electron chi connectivity index (χ2n) is 3.66. The van der Waals surface area contributed by atoms with Crippen LogP contribution in [0.25, 0.3) is 0 Å². The van der Waals surface area contributed by atoms with Crippen molar-refractivity contribution >= 4 is 10.0 Å². The third-order valence-electron chi connectivity index (χ3n) is 2.54. The van der Waals surface area contributed by atoms with Crippen LogP contribution in [-0.4, -0.2) is 45.7 Å². The van der Waals surface area contributed by atoms with Gasteiger partial charge in [-0.1, -0.05) is 0 Å². The molecule has 0 spiro atoms. The van der Waals surface area contributed by atoms with Gasteiger partial charge in [-0.3, -0.25) is 0 Å². The summed E-state index contributed by atoms with van der Waals surface area (Å²) in [6.07, 6.45) is 3.24. The van der Waals surface area contributed by atoms with Crippen molar-refractivity contribution in [2.45, 2.75) is 12.8 Å². The summed E-state index contributed by atoms with van der Waals surface area (Å²) in [7, 11) is -1.02. The Labute approximate surface area is 80.4 Å². The number of sulfonamides is 1. The zero-order valence-electron chi connectivity index (χ0n) is 8.28. The molecule has 1 aliphatic rings. The fraction of sp³-hybridized carbons (Fsp3) is 1.00. The third-order valence-corrected chi connectivity index (χ3v) is 3.84. The quantitative estimate of drug-likeness (QED) is 0.700. The van der Waals surface area contributed by atoms with Crippen LogP contribution in [0.1, 0.15) is 12.8 Å². The van der Waals surface area contributed by atoms with Crippen molar-refractivity contribution in [1.29, 1.82) is 0 Å². The van der Waals surface area contributed by atoms with Gasteiger partial charge in [0, 0.05) is 13.1 Å². The lowest BCUT2D eigenvalue weighted by Crippen LogP contribution is -2.39. The minimum atomic E-state index is -2.95. The Kier molecular flexibility index (Phi) is 3.70. The third kappa shape index (κ3) is 3.25. The van der Waals surface area contributed by atoms with Gasteiger partial charge in [0.2, 0.25) is 10.0 Å². The van der Waals surface area contributed by atoms with E-state index in [-0.39, 0.29) is 0 Å². The topological polar surface area (TPSA) is 49.4 Å². The molecule has 1 aliphatic heterocycles. The van der Waals surface area contributed by atoms with Crippen molar-refractivity contribution in [2.24, 2.45) is 5.92 Å². The van der Waals surface area contributed by atoms with Crippen LogP contribution in [0.15, 0.2) is 0 Å². The molecule has 0 aromatic rings. The van der Waals surface area contributed by atoms with Crippen molar-refractivity contribution in [1.82, 2.24) is 9.62 Å². The molecule has 1 heterocycles. The Bertz CT molecular complexity index is 243. The molecule has 78 valence electrons. The van der Waals surface area contributed by atoms with E-state index in [0.717, 1.165) is 19.4 Å². The highest BCUT2D eigenvalue weighted by Gasteiger charge is 2.23. The maximum absolute atomic E-state index is 11.2. The predicted octanol–water partition coefficient (Wildman–Crippen LogP) is -0.123. The Balaban J connectivity index is 2.39. The van der Waals surface area contributed by atoms with Crippen LogP contribution in [0, 0.1) is 5.92 Å². The van der Waals surface area contributed by atoms with E-state index < -0.39 is 10.0 Å². The summed E-state index contributed by atoms with van der Waals surface area (Å²) in [5.41, 5.74) is 0. The number of piperidine rings is 1. The fourth-order valence-electron chi connectivity index (χ4n) is 1.73. The molecule has 0 atom stereocenters. The monoisotopic (exact) mass is 206 g/mol. The highest BCUT2D eigenvalue weighted by Crippen LogP contribution is 2.17. The predicted molar refractivity (Wildman–Crippen MR) is 53.1 cm³/mol. The summed E-state index contributed by atoms with van der Waals surface area (Å²) in [5.74, 6) is 0.642. The molecule has 0 aliphatic carbocycles. The standard InChI is InChI=1S/C8H18N2O2S/c1-9-7-8-3-5-10(6-4-8)13(2,11)12/h8-9H,3-7H2,1-2H3. The number of hydrogen-bond acceptors (Lipinski definition) is 3. The Hall–Kier alpha value is -0.130. The Morgan fingerprint density at radius 3 is 2.31 bits per heavy atom. The van der Waals surface area contributed by atoms with E-state index in [1.54, 1.807) is 4.31 Å². The van der Waals surface area contributed by atoms with E-state index in [1.165, 1.54) is 6.26 Å². The van der Waals surface area contributed by atoms with Crippen LogP contribution >= 0.6 is 0 Å². The molecule has 13 heavy (non-hydrogen) atoms. The molecule has 1 fully saturated rings. The zero-order valence-corrected chi connectivity index (χ0v) is 9.10. The molecule has 0 radical (unpaired) electrons. The van der Waals surface area contributed by atoms with Gasteiger partial charge in [-0.05, 0) is 32.4 Å². The molecule has 0 amide bonds. The van der Waals surface area contributed by atoms with Crippen LogP contribution in [0.2, 0.25) is 0 Å². The van der Waals surface area contributed by atoms with Crippen molar-refractivity contribution < 1.29 is 8.42 Å². The molecular formula is C8H18N2O2S. The summed E-state index contributed by atoms with van der Waals surface area (Å²) in [6.45, 7) is 2.37. The van der Waals surface area contributed by atoms with E-state index in [2.05, 4.69) is 5.32 Å². The molecule has 5 heteroatoms. The molecule has 0 unspecified atom stereocenters. The number of nitrogens with zero attached hydrogens (tertiary/aromatic N) is 1. The molecule has 0 saturated carbocycles. The minimum absolute atomic E-state index is 0.642. The average Bonchev–Trinajstić information content (AvgIpc) is 2.04. The van der Waals surface area contributed by atoms with Gasteiger partial charge < -0.3 is 5.32 Å². The summed E-state index contributed by atoms with van der Waals surface area (Å²) in [6, 6.07) is 0. The molecule has 1 rings (SSSR count). The first-order chi connectivity index (χ1) is 6.04. The highest BCUT2D eigenvalue weighted by molar-refractivity contribution is 7.88.